The van der Waals surface area contributed by atoms with Crippen molar-refractivity contribution in [3.63, 3.8) is 0 Å². The van der Waals surface area contributed by atoms with E-state index in [9.17, 15) is 4.79 Å². The van der Waals surface area contributed by atoms with Crippen LogP contribution in [0.25, 0.3) is 0 Å². The molecular weight excluding hydrogens is 238 g/mol. The van der Waals surface area contributed by atoms with Crippen molar-refractivity contribution in [3.05, 3.63) is 29.8 Å². The number of aryl methyl sites for hydroxylation is 1. The second-order valence-corrected chi connectivity index (χ2v) is 5.27. The van der Waals surface area contributed by atoms with Crippen molar-refractivity contribution in [1.29, 1.82) is 0 Å². The minimum atomic E-state index is 0.203. The van der Waals surface area contributed by atoms with Crippen LogP contribution in [0.1, 0.15) is 12.0 Å². The van der Waals surface area contributed by atoms with Crippen LogP contribution >= 0.6 is 0 Å². The average Bonchev–Trinajstić information content (AvgIpc) is 2.40. The van der Waals surface area contributed by atoms with E-state index in [2.05, 4.69) is 41.4 Å². The van der Waals surface area contributed by atoms with Crippen LogP contribution in [0.5, 0.6) is 0 Å². The van der Waals surface area contributed by atoms with Crippen LogP contribution in [-0.4, -0.2) is 50.6 Å². The van der Waals surface area contributed by atoms with Gasteiger partial charge in [0.2, 0.25) is 5.91 Å². The first-order chi connectivity index (χ1) is 9.11. The summed E-state index contributed by atoms with van der Waals surface area (Å²) in [6.07, 6.45) is 0.987. The van der Waals surface area contributed by atoms with Gasteiger partial charge in [-0.15, -0.1) is 0 Å². The molecule has 1 saturated heterocycles. The lowest BCUT2D eigenvalue weighted by Gasteiger charge is -2.40. The summed E-state index contributed by atoms with van der Waals surface area (Å²) in [5.74, 6) is 0.203. The van der Waals surface area contributed by atoms with Gasteiger partial charge < -0.3 is 15.1 Å². The number of nitrogens with zero attached hydrogens (tertiary/aromatic N) is 2. The lowest BCUT2D eigenvalue weighted by molar-refractivity contribution is -0.132. The van der Waals surface area contributed by atoms with Crippen molar-refractivity contribution < 1.29 is 4.79 Å². The van der Waals surface area contributed by atoms with Crippen molar-refractivity contribution in [3.8, 4) is 0 Å². The van der Waals surface area contributed by atoms with E-state index in [0.717, 1.165) is 25.2 Å². The predicted molar refractivity (Wildman–Crippen MR) is 78.5 cm³/mol. The number of hydrogen-bond donors (Lipinski definition) is 1. The Bertz CT molecular complexity index is 447. The second-order valence-electron chi connectivity index (χ2n) is 5.27. The minimum Gasteiger partial charge on any atom is -0.360 e. The molecule has 0 radical (unpaired) electrons. The Balaban J connectivity index is 2.12. The van der Waals surface area contributed by atoms with Gasteiger partial charge in [0, 0.05) is 19.3 Å². The van der Waals surface area contributed by atoms with Gasteiger partial charge in [-0.05, 0) is 44.6 Å². The van der Waals surface area contributed by atoms with Gasteiger partial charge in [-0.25, -0.2) is 0 Å². The van der Waals surface area contributed by atoms with Crippen LogP contribution in [0.3, 0.4) is 0 Å². The molecule has 1 aliphatic heterocycles. The number of likely N-dealkylation sites (N-methyl/N-ethyl adjacent to an activating group) is 1. The van der Waals surface area contributed by atoms with Crippen LogP contribution in [0.15, 0.2) is 24.3 Å². The highest BCUT2D eigenvalue weighted by atomic mass is 16.2. The van der Waals surface area contributed by atoms with E-state index in [1.54, 1.807) is 0 Å². The molecule has 1 amide bonds. The summed E-state index contributed by atoms with van der Waals surface area (Å²) in [6.45, 7) is 4.41. The van der Waals surface area contributed by atoms with Crippen molar-refractivity contribution in [2.75, 3.05) is 38.6 Å². The van der Waals surface area contributed by atoms with E-state index in [4.69, 9.17) is 0 Å². The SMILES string of the molecule is CNCCC1CN(c2cccc(C)c2)CC(=O)N1C. The molecule has 1 aromatic rings. The third-order valence-electron chi connectivity index (χ3n) is 3.79. The molecule has 4 heteroatoms. The minimum absolute atomic E-state index is 0.203. The zero-order valence-corrected chi connectivity index (χ0v) is 12.0. The van der Waals surface area contributed by atoms with Crippen molar-refractivity contribution in [2.24, 2.45) is 0 Å². The van der Waals surface area contributed by atoms with Gasteiger partial charge in [0.1, 0.15) is 0 Å². The van der Waals surface area contributed by atoms with Crippen molar-refractivity contribution in [1.82, 2.24) is 10.2 Å². The van der Waals surface area contributed by atoms with Crippen molar-refractivity contribution >= 4 is 11.6 Å². The third-order valence-corrected chi connectivity index (χ3v) is 3.79. The first-order valence-corrected chi connectivity index (χ1v) is 6.83. The fourth-order valence-corrected chi connectivity index (χ4v) is 2.54. The highest BCUT2D eigenvalue weighted by Crippen LogP contribution is 2.21. The maximum absolute atomic E-state index is 12.1. The lowest BCUT2D eigenvalue weighted by atomic mass is 10.1. The monoisotopic (exact) mass is 261 g/mol. The molecule has 1 heterocycles. The summed E-state index contributed by atoms with van der Waals surface area (Å²) >= 11 is 0. The highest BCUT2D eigenvalue weighted by molar-refractivity contribution is 5.83. The van der Waals surface area contributed by atoms with E-state index in [1.165, 1.54) is 5.56 Å². The summed E-state index contributed by atoms with van der Waals surface area (Å²) < 4.78 is 0. The van der Waals surface area contributed by atoms with Crippen LogP contribution in [0, 0.1) is 6.92 Å². The largest absolute Gasteiger partial charge is 0.360 e. The molecule has 1 fully saturated rings. The molecule has 1 N–H and O–H groups in total. The van der Waals surface area contributed by atoms with Crippen LogP contribution < -0.4 is 10.2 Å². The van der Waals surface area contributed by atoms with Gasteiger partial charge in [0.15, 0.2) is 0 Å². The van der Waals surface area contributed by atoms with E-state index in [0.29, 0.717) is 6.54 Å². The molecule has 0 spiro atoms. The summed E-state index contributed by atoms with van der Waals surface area (Å²) in [5, 5.41) is 3.16. The summed E-state index contributed by atoms with van der Waals surface area (Å²) in [6, 6.07) is 8.65. The van der Waals surface area contributed by atoms with Gasteiger partial charge in [0.25, 0.3) is 0 Å². The van der Waals surface area contributed by atoms with Crippen LogP contribution in [0.2, 0.25) is 0 Å². The number of nitrogens with one attached hydrogen (secondary N) is 1. The highest BCUT2D eigenvalue weighted by Gasteiger charge is 2.29. The van der Waals surface area contributed by atoms with Gasteiger partial charge in [-0.1, -0.05) is 12.1 Å². The quantitative estimate of drug-likeness (QED) is 0.886. The Hall–Kier alpha value is -1.55. The number of amides is 1. The lowest BCUT2D eigenvalue weighted by Crippen LogP contribution is -2.55. The Morgan fingerprint density at radius 3 is 2.89 bits per heavy atom. The first-order valence-electron chi connectivity index (χ1n) is 6.83. The van der Waals surface area contributed by atoms with Gasteiger partial charge in [-0.3, -0.25) is 4.79 Å². The van der Waals surface area contributed by atoms with E-state index in [-0.39, 0.29) is 11.9 Å². The third kappa shape index (κ3) is 3.26. The molecular formula is C15H23N3O. The van der Waals surface area contributed by atoms with E-state index >= 15 is 0 Å². The number of piperazine rings is 1. The Morgan fingerprint density at radius 2 is 2.21 bits per heavy atom. The van der Waals surface area contributed by atoms with Crippen LogP contribution in [0.4, 0.5) is 5.69 Å². The molecule has 4 nitrogen and oxygen atoms in total. The second kappa shape index (κ2) is 6.06. The molecule has 0 aliphatic carbocycles. The molecule has 0 bridgehead atoms. The maximum Gasteiger partial charge on any atom is 0.242 e. The van der Waals surface area contributed by atoms with Gasteiger partial charge >= 0.3 is 0 Å². The fraction of sp³-hybridized carbons (Fsp3) is 0.533. The number of anilines is 1. The predicted octanol–water partition coefficient (Wildman–Crippen LogP) is 1.25. The molecule has 0 saturated carbocycles. The molecule has 1 atom stereocenters. The summed E-state index contributed by atoms with van der Waals surface area (Å²) in [7, 11) is 3.86. The normalized spacial score (nSPS) is 19.9. The Labute approximate surface area is 115 Å². The molecule has 1 aliphatic rings. The molecule has 1 aromatic carbocycles. The molecule has 19 heavy (non-hydrogen) atoms. The molecule has 2 rings (SSSR count). The van der Waals surface area contributed by atoms with E-state index in [1.807, 2.05) is 19.0 Å². The Kier molecular flexibility index (Phi) is 4.43. The van der Waals surface area contributed by atoms with E-state index < -0.39 is 0 Å². The first kappa shape index (κ1) is 13.9. The topological polar surface area (TPSA) is 35.6 Å². The molecule has 0 aromatic heterocycles. The number of carbonyl (C=O) groups is 1. The smallest absolute Gasteiger partial charge is 0.242 e. The van der Waals surface area contributed by atoms with Crippen molar-refractivity contribution in [2.45, 2.75) is 19.4 Å². The fourth-order valence-electron chi connectivity index (χ4n) is 2.54. The number of rotatable bonds is 4. The standard InChI is InChI=1S/C15H23N3O/c1-12-5-4-6-13(9-12)18-10-14(7-8-16-2)17(3)15(19)11-18/h4-6,9,14,16H,7-8,10-11H2,1-3H3. The summed E-state index contributed by atoms with van der Waals surface area (Å²) in [4.78, 5) is 16.2. The zero-order valence-electron chi connectivity index (χ0n) is 12.0. The van der Waals surface area contributed by atoms with Gasteiger partial charge in [-0.2, -0.15) is 0 Å². The molecule has 1 unspecified atom stereocenters. The van der Waals surface area contributed by atoms with Gasteiger partial charge in [0.05, 0.1) is 12.6 Å². The number of benzene rings is 1. The zero-order chi connectivity index (χ0) is 13.8. The Morgan fingerprint density at radius 1 is 1.42 bits per heavy atom. The maximum atomic E-state index is 12.1. The van der Waals surface area contributed by atoms with Crippen LogP contribution in [-0.2, 0) is 4.79 Å². The summed E-state index contributed by atoms with van der Waals surface area (Å²) in [5.41, 5.74) is 2.38. The molecule has 104 valence electrons. The average molecular weight is 261 g/mol. The number of carbonyl (C=O) groups excluding carboxylic acids is 1. The number of hydrogen-bond acceptors (Lipinski definition) is 3.